The van der Waals surface area contributed by atoms with Crippen molar-refractivity contribution in [2.45, 2.75) is 25.1 Å². The SMILES string of the molecule is O=C(Nc1ccc(NC(=O)C(F)(F)F)cc1)NC1CCOCC1. The Kier molecular flexibility index (Phi) is 5.43. The van der Waals surface area contributed by atoms with E-state index in [0.29, 0.717) is 18.9 Å². The molecule has 1 aliphatic rings. The first-order valence-electron chi connectivity index (χ1n) is 6.98. The summed E-state index contributed by atoms with van der Waals surface area (Å²) < 4.78 is 41.5. The highest BCUT2D eigenvalue weighted by Gasteiger charge is 2.38. The molecule has 0 atom stereocenters. The van der Waals surface area contributed by atoms with Crippen LogP contribution in [0.1, 0.15) is 12.8 Å². The van der Waals surface area contributed by atoms with Gasteiger partial charge in [-0.25, -0.2) is 4.79 Å². The Bertz CT molecular complexity index is 555. The number of hydrogen-bond donors (Lipinski definition) is 3. The molecule has 2 rings (SSSR count). The lowest BCUT2D eigenvalue weighted by Gasteiger charge is -2.23. The van der Waals surface area contributed by atoms with E-state index in [9.17, 15) is 22.8 Å². The number of hydrogen-bond acceptors (Lipinski definition) is 3. The van der Waals surface area contributed by atoms with E-state index < -0.39 is 18.1 Å². The van der Waals surface area contributed by atoms with Crippen molar-refractivity contribution < 1.29 is 27.5 Å². The molecule has 0 saturated carbocycles. The summed E-state index contributed by atoms with van der Waals surface area (Å²) in [5.41, 5.74) is 0.391. The van der Waals surface area contributed by atoms with E-state index >= 15 is 0 Å². The second-order valence-electron chi connectivity index (χ2n) is 5.01. The number of nitrogens with one attached hydrogen (secondary N) is 3. The number of alkyl halides is 3. The Morgan fingerprint density at radius 3 is 2.04 bits per heavy atom. The van der Waals surface area contributed by atoms with E-state index in [1.54, 1.807) is 5.32 Å². The third kappa shape index (κ3) is 5.44. The number of halogens is 3. The third-order valence-corrected chi connectivity index (χ3v) is 3.21. The van der Waals surface area contributed by atoms with Gasteiger partial charge in [-0.05, 0) is 37.1 Å². The Labute approximate surface area is 130 Å². The number of carbonyl (C=O) groups excluding carboxylic acids is 2. The maximum atomic E-state index is 12.1. The molecule has 0 aliphatic carbocycles. The summed E-state index contributed by atoms with van der Waals surface area (Å²) in [4.78, 5) is 22.6. The number of carbonyl (C=O) groups is 2. The van der Waals surface area contributed by atoms with Crippen molar-refractivity contribution >= 4 is 23.3 Å². The van der Waals surface area contributed by atoms with Crippen LogP contribution in [0.4, 0.5) is 29.3 Å². The van der Waals surface area contributed by atoms with Gasteiger partial charge in [-0.3, -0.25) is 4.79 Å². The lowest BCUT2D eigenvalue weighted by molar-refractivity contribution is -0.167. The Morgan fingerprint density at radius 2 is 1.52 bits per heavy atom. The Morgan fingerprint density at radius 1 is 1.00 bits per heavy atom. The van der Waals surface area contributed by atoms with E-state index in [4.69, 9.17) is 4.74 Å². The summed E-state index contributed by atoms with van der Waals surface area (Å²) in [5, 5.41) is 7.08. The van der Waals surface area contributed by atoms with E-state index in [-0.39, 0.29) is 11.7 Å². The van der Waals surface area contributed by atoms with Crippen molar-refractivity contribution in [1.82, 2.24) is 5.32 Å². The van der Waals surface area contributed by atoms with Crippen LogP contribution in [0.3, 0.4) is 0 Å². The van der Waals surface area contributed by atoms with Crippen LogP contribution in [-0.2, 0) is 9.53 Å². The molecule has 0 spiro atoms. The zero-order valence-electron chi connectivity index (χ0n) is 12.1. The third-order valence-electron chi connectivity index (χ3n) is 3.21. The van der Waals surface area contributed by atoms with Gasteiger partial charge in [0.2, 0.25) is 0 Å². The molecule has 9 heteroatoms. The second-order valence-corrected chi connectivity index (χ2v) is 5.01. The lowest BCUT2D eigenvalue weighted by Crippen LogP contribution is -2.41. The first-order chi connectivity index (χ1) is 10.8. The van der Waals surface area contributed by atoms with Gasteiger partial charge in [-0.15, -0.1) is 0 Å². The van der Waals surface area contributed by atoms with Crippen molar-refractivity contribution in [3.8, 4) is 0 Å². The highest BCUT2D eigenvalue weighted by Crippen LogP contribution is 2.19. The van der Waals surface area contributed by atoms with Gasteiger partial charge in [0.25, 0.3) is 0 Å². The monoisotopic (exact) mass is 331 g/mol. The first kappa shape index (κ1) is 17.1. The molecule has 1 fully saturated rings. The molecule has 1 saturated heterocycles. The molecule has 1 aromatic carbocycles. The predicted molar refractivity (Wildman–Crippen MR) is 77.1 cm³/mol. The molecule has 0 unspecified atom stereocenters. The Balaban J connectivity index is 1.84. The van der Waals surface area contributed by atoms with Crippen LogP contribution in [0, 0.1) is 0 Å². The van der Waals surface area contributed by atoms with E-state index in [0.717, 1.165) is 12.8 Å². The summed E-state index contributed by atoms with van der Waals surface area (Å²) in [6, 6.07) is 4.98. The topological polar surface area (TPSA) is 79.5 Å². The van der Waals surface area contributed by atoms with Crippen LogP contribution in [-0.4, -0.2) is 37.4 Å². The van der Waals surface area contributed by atoms with E-state index in [1.165, 1.54) is 24.3 Å². The summed E-state index contributed by atoms with van der Waals surface area (Å²) >= 11 is 0. The van der Waals surface area contributed by atoms with Crippen LogP contribution >= 0.6 is 0 Å². The molecular formula is C14H16F3N3O3. The molecule has 3 amide bonds. The van der Waals surface area contributed by atoms with Crippen molar-refractivity contribution in [1.29, 1.82) is 0 Å². The van der Waals surface area contributed by atoms with Crippen LogP contribution < -0.4 is 16.0 Å². The van der Waals surface area contributed by atoms with E-state index in [1.807, 2.05) is 0 Å². The number of amides is 3. The highest BCUT2D eigenvalue weighted by atomic mass is 19.4. The number of urea groups is 1. The zero-order valence-corrected chi connectivity index (χ0v) is 12.1. The van der Waals surface area contributed by atoms with Gasteiger partial charge in [-0.2, -0.15) is 13.2 Å². The van der Waals surface area contributed by atoms with Crippen LogP contribution in [0.15, 0.2) is 24.3 Å². The smallest absolute Gasteiger partial charge is 0.381 e. The van der Waals surface area contributed by atoms with Gasteiger partial charge in [-0.1, -0.05) is 0 Å². The molecule has 3 N–H and O–H groups in total. The molecule has 0 bridgehead atoms. The molecule has 0 aromatic heterocycles. The lowest BCUT2D eigenvalue weighted by atomic mass is 10.1. The van der Waals surface area contributed by atoms with Gasteiger partial charge in [0.1, 0.15) is 0 Å². The first-order valence-corrected chi connectivity index (χ1v) is 6.98. The fourth-order valence-electron chi connectivity index (χ4n) is 2.03. The number of rotatable bonds is 3. The summed E-state index contributed by atoms with van der Waals surface area (Å²) in [6.07, 6.45) is -3.48. The fourth-order valence-corrected chi connectivity index (χ4v) is 2.03. The maximum absolute atomic E-state index is 12.1. The summed E-state index contributed by atoms with van der Waals surface area (Å²) in [7, 11) is 0. The van der Waals surface area contributed by atoms with Crippen LogP contribution in [0.5, 0.6) is 0 Å². The minimum atomic E-state index is -4.94. The van der Waals surface area contributed by atoms with Crippen molar-refractivity contribution in [3.63, 3.8) is 0 Å². The summed E-state index contributed by atoms with van der Waals surface area (Å²) in [5.74, 6) is -2.05. The van der Waals surface area contributed by atoms with Crippen molar-refractivity contribution in [2.24, 2.45) is 0 Å². The minimum Gasteiger partial charge on any atom is -0.381 e. The molecule has 23 heavy (non-hydrogen) atoms. The zero-order chi connectivity index (χ0) is 16.9. The highest BCUT2D eigenvalue weighted by molar-refractivity contribution is 5.95. The number of benzene rings is 1. The molecular weight excluding hydrogens is 315 g/mol. The number of anilines is 2. The normalized spacial score (nSPS) is 15.8. The molecule has 1 aliphatic heterocycles. The molecule has 6 nitrogen and oxygen atoms in total. The average Bonchev–Trinajstić information content (AvgIpc) is 2.49. The molecule has 126 valence electrons. The largest absolute Gasteiger partial charge is 0.471 e. The van der Waals surface area contributed by atoms with Crippen LogP contribution in [0.25, 0.3) is 0 Å². The predicted octanol–water partition coefficient (Wildman–Crippen LogP) is 2.49. The molecule has 0 radical (unpaired) electrons. The maximum Gasteiger partial charge on any atom is 0.471 e. The minimum absolute atomic E-state index is 0.0114. The second kappa shape index (κ2) is 7.32. The van der Waals surface area contributed by atoms with Gasteiger partial charge < -0.3 is 20.7 Å². The Hall–Kier alpha value is -2.29. The van der Waals surface area contributed by atoms with Crippen molar-refractivity contribution in [2.75, 3.05) is 23.8 Å². The fraction of sp³-hybridized carbons (Fsp3) is 0.429. The average molecular weight is 331 g/mol. The van der Waals surface area contributed by atoms with E-state index in [2.05, 4.69) is 10.6 Å². The molecule has 1 aromatic rings. The quantitative estimate of drug-likeness (QED) is 0.796. The van der Waals surface area contributed by atoms with Gasteiger partial charge >= 0.3 is 18.1 Å². The van der Waals surface area contributed by atoms with Gasteiger partial charge in [0.05, 0.1) is 0 Å². The summed E-state index contributed by atoms with van der Waals surface area (Å²) in [6.45, 7) is 1.19. The van der Waals surface area contributed by atoms with Gasteiger partial charge in [0.15, 0.2) is 0 Å². The van der Waals surface area contributed by atoms with Gasteiger partial charge in [0, 0.05) is 30.6 Å². The molecule has 1 heterocycles. The van der Waals surface area contributed by atoms with Crippen molar-refractivity contribution in [3.05, 3.63) is 24.3 Å². The standard InChI is InChI=1S/C14H16F3N3O3/c15-14(16,17)12(21)18-9-1-3-10(4-2-9)19-13(22)20-11-5-7-23-8-6-11/h1-4,11H,5-8H2,(H,18,21)(H2,19,20,22). The number of ether oxygens (including phenoxy) is 1. The van der Waals surface area contributed by atoms with Crippen LogP contribution in [0.2, 0.25) is 0 Å².